The SMILES string of the molecule is COC(C)(C)CCCC(C)C/C=C/c1ccc(Cl)cc1. The summed E-state index contributed by atoms with van der Waals surface area (Å²) in [5.74, 6) is 0.714. The minimum atomic E-state index is 0.0128. The van der Waals surface area contributed by atoms with E-state index in [-0.39, 0.29) is 5.60 Å². The lowest BCUT2D eigenvalue weighted by molar-refractivity contribution is 0.0128. The highest BCUT2D eigenvalue weighted by Crippen LogP contribution is 2.21. The van der Waals surface area contributed by atoms with Crippen molar-refractivity contribution in [3.8, 4) is 0 Å². The maximum atomic E-state index is 5.87. The van der Waals surface area contributed by atoms with Gasteiger partial charge in [-0.1, -0.05) is 55.7 Å². The molecule has 0 fully saturated rings. The number of methoxy groups -OCH3 is 1. The number of hydrogen-bond acceptors (Lipinski definition) is 1. The van der Waals surface area contributed by atoms with Crippen LogP contribution >= 0.6 is 11.6 Å². The van der Waals surface area contributed by atoms with Crippen LogP contribution in [0.2, 0.25) is 5.02 Å². The first kappa shape index (κ1) is 17.3. The van der Waals surface area contributed by atoms with Gasteiger partial charge in [0.2, 0.25) is 0 Å². The third-order valence-corrected chi connectivity index (χ3v) is 4.00. The fourth-order valence-corrected chi connectivity index (χ4v) is 2.23. The van der Waals surface area contributed by atoms with Crippen LogP contribution in [0, 0.1) is 5.92 Å². The molecule has 1 aromatic rings. The van der Waals surface area contributed by atoms with E-state index in [9.17, 15) is 0 Å². The highest BCUT2D eigenvalue weighted by atomic mass is 35.5. The van der Waals surface area contributed by atoms with E-state index in [0.717, 1.165) is 17.9 Å². The van der Waals surface area contributed by atoms with Crippen molar-refractivity contribution in [3.05, 3.63) is 40.9 Å². The molecule has 0 bridgehead atoms. The van der Waals surface area contributed by atoms with E-state index in [1.54, 1.807) is 7.11 Å². The Hall–Kier alpha value is -0.790. The first-order valence-corrected chi connectivity index (χ1v) is 7.78. The number of hydrogen-bond donors (Lipinski definition) is 0. The Labute approximate surface area is 129 Å². The summed E-state index contributed by atoms with van der Waals surface area (Å²) in [6.07, 6.45) is 9.14. The van der Waals surface area contributed by atoms with Crippen LogP contribution in [0.4, 0.5) is 0 Å². The molecule has 1 nitrogen and oxygen atoms in total. The van der Waals surface area contributed by atoms with E-state index >= 15 is 0 Å². The van der Waals surface area contributed by atoms with Gasteiger partial charge in [-0.05, 0) is 50.3 Å². The molecule has 20 heavy (non-hydrogen) atoms. The summed E-state index contributed by atoms with van der Waals surface area (Å²) in [6, 6.07) is 7.95. The van der Waals surface area contributed by atoms with Gasteiger partial charge in [-0.15, -0.1) is 0 Å². The van der Waals surface area contributed by atoms with Crippen molar-refractivity contribution in [2.45, 2.75) is 52.1 Å². The van der Waals surface area contributed by atoms with Gasteiger partial charge in [-0.2, -0.15) is 0 Å². The molecule has 1 unspecified atom stereocenters. The molecule has 0 aliphatic heterocycles. The number of ether oxygens (including phenoxy) is 1. The van der Waals surface area contributed by atoms with Crippen molar-refractivity contribution < 1.29 is 4.74 Å². The third-order valence-electron chi connectivity index (χ3n) is 3.75. The maximum Gasteiger partial charge on any atom is 0.0622 e. The minimum Gasteiger partial charge on any atom is -0.379 e. The summed E-state index contributed by atoms with van der Waals surface area (Å²) in [5, 5.41) is 0.788. The standard InChI is InChI=1S/C18H27ClO/c1-15(8-6-14-18(2,3)20-4)7-5-9-16-10-12-17(19)13-11-16/h5,9-13,15H,6-8,14H2,1-4H3/b9-5+. The van der Waals surface area contributed by atoms with Gasteiger partial charge in [0.05, 0.1) is 5.60 Å². The molecule has 0 saturated heterocycles. The van der Waals surface area contributed by atoms with E-state index in [1.807, 2.05) is 24.3 Å². The Morgan fingerprint density at radius 3 is 2.50 bits per heavy atom. The summed E-state index contributed by atoms with van der Waals surface area (Å²) in [5.41, 5.74) is 1.22. The topological polar surface area (TPSA) is 9.23 Å². The first-order valence-electron chi connectivity index (χ1n) is 7.40. The zero-order valence-electron chi connectivity index (χ0n) is 13.2. The molecular formula is C18H27ClO. The van der Waals surface area contributed by atoms with Crippen LogP contribution in [0.1, 0.15) is 52.0 Å². The summed E-state index contributed by atoms with van der Waals surface area (Å²) in [6.45, 7) is 6.61. The van der Waals surface area contributed by atoms with Crippen molar-refractivity contribution in [3.63, 3.8) is 0 Å². The van der Waals surface area contributed by atoms with Gasteiger partial charge in [0.15, 0.2) is 0 Å². The number of halogens is 1. The van der Waals surface area contributed by atoms with Gasteiger partial charge in [0.1, 0.15) is 0 Å². The third kappa shape index (κ3) is 7.12. The molecule has 0 radical (unpaired) electrons. The molecule has 1 rings (SSSR count). The Kier molecular flexibility index (Phi) is 7.32. The molecule has 0 aliphatic rings. The van der Waals surface area contributed by atoms with Crippen LogP contribution in [0.15, 0.2) is 30.3 Å². The normalized spacial score (nSPS) is 13.8. The Balaban J connectivity index is 2.26. The number of rotatable bonds is 8. The van der Waals surface area contributed by atoms with Crippen LogP contribution in [-0.2, 0) is 4.74 Å². The Bertz CT molecular complexity index is 406. The smallest absolute Gasteiger partial charge is 0.0622 e. The highest BCUT2D eigenvalue weighted by Gasteiger charge is 2.15. The van der Waals surface area contributed by atoms with Gasteiger partial charge >= 0.3 is 0 Å². The lowest BCUT2D eigenvalue weighted by atomic mass is 9.95. The minimum absolute atomic E-state index is 0.0128. The monoisotopic (exact) mass is 294 g/mol. The quantitative estimate of drug-likeness (QED) is 0.573. The van der Waals surface area contributed by atoms with Gasteiger partial charge in [0.25, 0.3) is 0 Å². The fraction of sp³-hybridized carbons (Fsp3) is 0.556. The fourth-order valence-electron chi connectivity index (χ4n) is 2.11. The molecule has 0 aliphatic carbocycles. The molecule has 0 N–H and O–H groups in total. The molecule has 1 atom stereocenters. The van der Waals surface area contributed by atoms with E-state index in [0.29, 0.717) is 5.92 Å². The Morgan fingerprint density at radius 2 is 1.90 bits per heavy atom. The first-order chi connectivity index (χ1) is 9.43. The molecule has 0 aromatic heterocycles. The van der Waals surface area contributed by atoms with Gasteiger partial charge in [0, 0.05) is 12.1 Å². The van der Waals surface area contributed by atoms with Crippen LogP contribution < -0.4 is 0 Å². The second-order valence-electron chi connectivity index (χ2n) is 6.15. The largest absolute Gasteiger partial charge is 0.379 e. The van der Waals surface area contributed by atoms with Crippen molar-refractivity contribution in [2.75, 3.05) is 7.11 Å². The van der Waals surface area contributed by atoms with Crippen LogP contribution in [-0.4, -0.2) is 12.7 Å². The second-order valence-corrected chi connectivity index (χ2v) is 6.59. The van der Waals surface area contributed by atoms with E-state index in [2.05, 4.69) is 32.9 Å². The van der Waals surface area contributed by atoms with Crippen molar-refractivity contribution in [2.24, 2.45) is 5.92 Å². The zero-order chi connectivity index (χ0) is 15.0. The molecule has 2 heteroatoms. The number of allylic oxidation sites excluding steroid dienone is 1. The predicted molar refractivity (Wildman–Crippen MR) is 89.2 cm³/mol. The van der Waals surface area contributed by atoms with Crippen molar-refractivity contribution in [1.82, 2.24) is 0 Å². The molecule has 0 saturated carbocycles. The summed E-state index contributed by atoms with van der Waals surface area (Å²) < 4.78 is 5.44. The average Bonchev–Trinajstić information content (AvgIpc) is 2.41. The van der Waals surface area contributed by atoms with Gasteiger partial charge in [-0.25, -0.2) is 0 Å². The van der Waals surface area contributed by atoms with Crippen molar-refractivity contribution in [1.29, 1.82) is 0 Å². The van der Waals surface area contributed by atoms with Crippen LogP contribution in [0.3, 0.4) is 0 Å². The van der Waals surface area contributed by atoms with Crippen LogP contribution in [0.5, 0.6) is 0 Å². The second kappa shape index (κ2) is 8.49. The zero-order valence-corrected chi connectivity index (χ0v) is 13.9. The lowest BCUT2D eigenvalue weighted by Gasteiger charge is -2.23. The lowest BCUT2D eigenvalue weighted by Crippen LogP contribution is -2.22. The average molecular weight is 295 g/mol. The van der Waals surface area contributed by atoms with Gasteiger partial charge in [-0.3, -0.25) is 0 Å². The van der Waals surface area contributed by atoms with E-state index < -0.39 is 0 Å². The summed E-state index contributed by atoms with van der Waals surface area (Å²) >= 11 is 5.87. The molecule has 1 aromatic carbocycles. The van der Waals surface area contributed by atoms with Crippen molar-refractivity contribution >= 4 is 17.7 Å². The predicted octanol–water partition coefficient (Wildman–Crippen LogP) is 5.97. The Morgan fingerprint density at radius 1 is 1.25 bits per heavy atom. The van der Waals surface area contributed by atoms with Crippen LogP contribution in [0.25, 0.3) is 6.08 Å². The van der Waals surface area contributed by atoms with Gasteiger partial charge < -0.3 is 4.74 Å². The summed E-state index contributed by atoms with van der Waals surface area (Å²) in [7, 11) is 1.79. The molecule has 0 amide bonds. The highest BCUT2D eigenvalue weighted by molar-refractivity contribution is 6.30. The molecular weight excluding hydrogens is 268 g/mol. The summed E-state index contributed by atoms with van der Waals surface area (Å²) in [4.78, 5) is 0. The van der Waals surface area contributed by atoms with E-state index in [1.165, 1.54) is 18.4 Å². The molecule has 0 spiro atoms. The molecule has 0 heterocycles. The number of benzene rings is 1. The van der Waals surface area contributed by atoms with E-state index in [4.69, 9.17) is 16.3 Å². The maximum absolute atomic E-state index is 5.87. The molecule has 112 valence electrons.